The van der Waals surface area contributed by atoms with Crippen LogP contribution in [0.1, 0.15) is 96.5 Å². The first-order chi connectivity index (χ1) is 15.6. The average molecular weight is 511 g/mol. The normalized spacial score (nSPS) is 11.0. The van der Waals surface area contributed by atoms with Gasteiger partial charge in [0.15, 0.2) is 0 Å². The van der Waals surface area contributed by atoms with Crippen LogP contribution in [0.3, 0.4) is 0 Å². The van der Waals surface area contributed by atoms with E-state index in [9.17, 15) is 9.59 Å². The van der Waals surface area contributed by atoms with E-state index in [-0.39, 0.29) is 18.4 Å². The van der Waals surface area contributed by atoms with E-state index in [1.807, 2.05) is 25.1 Å². The zero-order chi connectivity index (χ0) is 23.4. The molecule has 32 heavy (non-hydrogen) atoms. The second kappa shape index (κ2) is 18.7. The molecule has 1 aromatic carbocycles. The Morgan fingerprint density at radius 2 is 1.56 bits per heavy atom. The van der Waals surface area contributed by atoms with Gasteiger partial charge >= 0.3 is 0 Å². The monoisotopic (exact) mass is 509 g/mol. The van der Waals surface area contributed by atoms with Gasteiger partial charge in [-0.1, -0.05) is 87.1 Å². The van der Waals surface area contributed by atoms with Crippen molar-refractivity contribution >= 4 is 34.0 Å². The Bertz CT molecular complexity index is 695. The van der Waals surface area contributed by atoms with Gasteiger partial charge in [0, 0.05) is 16.5 Å². The molecule has 0 spiro atoms. The quantitative estimate of drug-likeness (QED) is 0.142. The Morgan fingerprint density at radius 1 is 0.938 bits per heavy atom. The maximum atomic E-state index is 11.9. The van der Waals surface area contributed by atoms with Crippen LogP contribution in [0.15, 0.2) is 27.8 Å². The highest BCUT2D eigenvalue weighted by Gasteiger charge is 2.06. The summed E-state index contributed by atoms with van der Waals surface area (Å²) in [7, 11) is 0. The molecule has 0 fully saturated rings. The zero-order valence-corrected chi connectivity index (χ0v) is 21.3. The van der Waals surface area contributed by atoms with Crippen molar-refractivity contribution in [2.24, 2.45) is 5.10 Å². The molecule has 0 saturated carbocycles. The number of carbonyl (C=O) groups is 2. The van der Waals surface area contributed by atoms with Crippen molar-refractivity contribution in [3.05, 3.63) is 28.2 Å². The Balaban J connectivity index is 2.09. The largest absolute Gasteiger partial charge is 0.493 e. The molecule has 2 amide bonds. The van der Waals surface area contributed by atoms with Crippen LogP contribution in [0.4, 0.5) is 0 Å². The van der Waals surface area contributed by atoms with Gasteiger partial charge in [-0.05, 0) is 31.5 Å². The Morgan fingerprint density at radius 3 is 2.19 bits per heavy atom. The number of hydrazone groups is 1. The molecule has 6 nitrogen and oxygen atoms in total. The highest BCUT2D eigenvalue weighted by molar-refractivity contribution is 9.10. The van der Waals surface area contributed by atoms with E-state index in [0.29, 0.717) is 18.8 Å². The highest BCUT2D eigenvalue weighted by atomic mass is 79.9. The Kier molecular flexibility index (Phi) is 16.4. The van der Waals surface area contributed by atoms with Gasteiger partial charge in [0.25, 0.3) is 5.91 Å². The maximum absolute atomic E-state index is 11.9. The standard InChI is InChI=1S/C25H40BrN3O3/c1-3-5-6-7-8-9-10-11-12-13-14-15-24(30)27-20-25(31)29-28-19-21-18-22(26)16-17-23(21)32-4-2/h16-19H,3-15,20H2,1-2H3,(H,27,30)(H,29,31). The second-order valence-corrected chi connectivity index (χ2v) is 8.89. The Labute approximate surface area is 202 Å². The minimum absolute atomic E-state index is 0.0784. The first-order valence-electron chi connectivity index (χ1n) is 12.1. The summed E-state index contributed by atoms with van der Waals surface area (Å²) in [5, 5.41) is 6.61. The number of benzene rings is 1. The van der Waals surface area contributed by atoms with Gasteiger partial charge in [-0.2, -0.15) is 5.10 Å². The third-order valence-corrected chi connectivity index (χ3v) is 5.61. The van der Waals surface area contributed by atoms with E-state index in [2.05, 4.69) is 38.7 Å². The average Bonchev–Trinajstić information content (AvgIpc) is 2.78. The fourth-order valence-electron chi connectivity index (χ4n) is 3.34. The second-order valence-electron chi connectivity index (χ2n) is 7.97. The van der Waals surface area contributed by atoms with E-state index in [0.717, 1.165) is 22.9 Å². The molecule has 0 aliphatic rings. The summed E-state index contributed by atoms with van der Waals surface area (Å²) < 4.78 is 6.43. The van der Waals surface area contributed by atoms with Crippen molar-refractivity contribution in [1.82, 2.24) is 10.7 Å². The van der Waals surface area contributed by atoms with Gasteiger partial charge < -0.3 is 10.1 Å². The molecule has 0 aliphatic heterocycles. The van der Waals surface area contributed by atoms with Crippen LogP contribution in [0.5, 0.6) is 5.75 Å². The summed E-state index contributed by atoms with van der Waals surface area (Å²) in [4.78, 5) is 23.8. The summed E-state index contributed by atoms with van der Waals surface area (Å²) >= 11 is 3.41. The van der Waals surface area contributed by atoms with Gasteiger partial charge in [-0.25, -0.2) is 5.43 Å². The molecule has 180 valence electrons. The molecule has 0 unspecified atom stereocenters. The van der Waals surface area contributed by atoms with Gasteiger partial charge in [0.2, 0.25) is 5.91 Å². The first kappa shape index (κ1) is 28.1. The van der Waals surface area contributed by atoms with Crippen LogP contribution in [0, 0.1) is 0 Å². The van der Waals surface area contributed by atoms with Crippen molar-refractivity contribution in [3.8, 4) is 5.75 Å². The van der Waals surface area contributed by atoms with Gasteiger partial charge in [-0.3, -0.25) is 9.59 Å². The summed E-state index contributed by atoms with van der Waals surface area (Å²) in [5.41, 5.74) is 3.18. The molecule has 0 heterocycles. The molecule has 0 aromatic heterocycles. The van der Waals surface area contributed by atoms with Crippen LogP contribution < -0.4 is 15.5 Å². The lowest BCUT2D eigenvalue weighted by atomic mass is 10.1. The number of amides is 2. The molecule has 0 saturated heterocycles. The van der Waals surface area contributed by atoms with Crippen molar-refractivity contribution in [2.45, 2.75) is 90.9 Å². The smallest absolute Gasteiger partial charge is 0.259 e. The van der Waals surface area contributed by atoms with Crippen LogP contribution in [-0.2, 0) is 9.59 Å². The van der Waals surface area contributed by atoms with E-state index >= 15 is 0 Å². The van der Waals surface area contributed by atoms with Crippen LogP contribution in [0.2, 0.25) is 0 Å². The summed E-state index contributed by atoms with van der Waals surface area (Å²) in [5.74, 6) is 0.237. The minimum atomic E-state index is -0.360. The number of nitrogens with one attached hydrogen (secondary N) is 2. The molecule has 0 atom stereocenters. The molecule has 1 aromatic rings. The number of unbranched alkanes of at least 4 members (excludes halogenated alkanes) is 10. The SMILES string of the molecule is CCCCCCCCCCCCCC(=O)NCC(=O)NN=Cc1cc(Br)ccc1OCC. The molecule has 0 aliphatic carbocycles. The molecular formula is C25H40BrN3O3. The predicted octanol–water partition coefficient (Wildman–Crippen LogP) is 6.12. The topological polar surface area (TPSA) is 79.8 Å². The number of nitrogens with zero attached hydrogens (tertiary/aromatic N) is 1. The minimum Gasteiger partial charge on any atom is -0.493 e. The molecule has 2 N–H and O–H groups in total. The number of ether oxygens (including phenoxy) is 1. The zero-order valence-electron chi connectivity index (χ0n) is 19.8. The lowest BCUT2D eigenvalue weighted by Crippen LogP contribution is -2.34. The lowest BCUT2D eigenvalue weighted by Gasteiger charge is -2.07. The predicted molar refractivity (Wildman–Crippen MR) is 135 cm³/mol. The number of hydrogen-bond donors (Lipinski definition) is 2. The first-order valence-corrected chi connectivity index (χ1v) is 12.9. The van der Waals surface area contributed by atoms with E-state index in [4.69, 9.17) is 4.74 Å². The summed E-state index contributed by atoms with van der Waals surface area (Å²) in [6.07, 6.45) is 15.7. The number of rotatable bonds is 18. The van der Waals surface area contributed by atoms with Crippen LogP contribution >= 0.6 is 15.9 Å². The highest BCUT2D eigenvalue weighted by Crippen LogP contribution is 2.21. The number of carbonyl (C=O) groups excluding carboxylic acids is 2. The van der Waals surface area contributed by atoms with E-state index in [1.165, 1.54) is 64.0 Å². The fourth-order valence-corrected chi connectivity index (χ4v) is 3.72. The molecular weight excluding hydrogens is 470 g/mol. The summed E-state index contributed by atoms with van der Waals surface area (Å²) in [6.45, 7) is 4.61. The van der Waals surface area contributed by atoms with E-state index < -0.39 is 0 Å². The van der Waals surface area contributed by atoms with Gasteiger partial charge in [-0.15, -0.1) is 0 Å². The Hall–Kier alpha value is -1.89. The third-order valence-electron chi connectivity index (χ3n) is 5.12. The van der Waals surface area contributed by atoms with E-state index in [1.54, 1.807) is 0 Å². The van der Waals surface area contributed by atoms with Crippen molar-refractivity contribution in [3.63, 3.8) is 0 Å². The third kappa shape index (κ3) is 14.2. The van der Waals surface area contributed by atoms with Crippen molar-refractivity contribution in [2.75, 3.05) is 13.2 Å². The molecule has 1 rings (SSSR count). The van der Waals surface area contributed by atoms with Gasteiger partial charge in [0.1, 0.15) is 5.75 Å². The number of hydrogen-bond acceptors (Lipinski definition) is 4. The molecule has 0 bridgehead atoms. The molecule has 0 radical (unpaired) electrons. The summed E-state index contributed by atoms with van der Waals surface area (Å²) in [6, 6.07) is 5.58. The van der Waals surface area contributed by atoms with Crippen molar-refractivity contribution in [1.29, 1.82) is 0 Å². The van der Waals surface area contributed by atoms with Gasteiger partial charge in [0.05, 0.1) is 19.4 Å². The van der Waals surface area contributed by atoms with Crippen LogP contribution in [0.25, 0.3) is 0 Å². The lowest BCUT2D eigenvalue weighted by molar-refractivity contribution is -0.126. The molecule has 7 heteroatoms. The fraction of sp³-hybridized carbons (Fsp3) is 0.640. The van der Waals surface area contributed by atoms with Crippen LogP contribution in [-0.4, -0.2) is 31.2 Å². The maximum Gasteiger partial charge on any atom is 0.259 e. The van der Waals surface area contributed by atoms with Crippen molar-refractivity contribution < 1.29 is 14.3 Å². The number of halogens is 1.